The van der Waals surface area contributed by atoms with E-state index in [1.165, 1.54) is 0 Å². The first-order valence-electron chi connectivity index (χ1n) is 10.5. The van der Waals surface area contributed by atoms with Crippen LogP contribution in [0.4, 0.5) is 10.5 Å². The molecule has 1 unspecified atom stereocenters. The summed E-state index contributed by atoms with van der Waals surface area (Å²) in [5, 5.41) is 3.62. The highest BCUT2D eigenvalue weighted by molar-refractivity contribution is 5.91. The van der Waals surface area contributed by atoms with Crippen LogP contribution in [-0.2, 0) is 11.8 Å². The number of aromatic nitrogens is 2. The molecule has 0 aliphatic carbocycles. The molecule has 1 N–H and O–H groups in total. The lowest BCUT2D eigenvalue weighted by atomic mass is 10.1. The quantitative estimate of drug-likeness (QED) is 0.620. The Morgan fingerprint density at radius 1 is 1.16 bits per heavy atom. The number of hydrogen-bond acceptors (Lipinski definition) is 4. The zero-order valence-corrected chi connectivity index (χ0v) is 18.8. The van der Waals surface area contributed by atoms with Crippen molar-refractivity contribution < 1.29 is 9.53 Å². The van der Waals surface area contributed by atoms with E-state index in [2.05, 4.69) is 5.32 Å². The third-order valence-electron chi connectivity index (χ3n) is 5.59. The van der Waals surface area contributed by atoms with Crippen molar-refractivity contribution in [3.05, 3.63) is 69.8 Å². The van der Waals surface area contributed by atoms with Crippen molar-refractivity contribution >= 4 is 22.6 Å². The fraction of sp³-hybridized carbons (Fsp3) is 0.375. The molecular formula is C24H30N4O3. The molecule has 2 aromatic carbocycles. The van der Waals surface area contributed by atoms with E-state index in [0.717, 1.165) is 16.8 Å². The van der Waals surface area contributed by atoms with Gasteiger partial charge in [-0.05, 0) is 43.5 Å². The number of amides is 2. The van der Waals surface area contributed by atoms with Crippen LogP contribution in [0.1, 0.15) is 36.3 Å². The number of urea groups is 1. The first-order valence-corrected chi connectivity index (χ1v) is 10.5. The first-order chi connectivity index (χ1) is 14.9. The van der Waals surface area contributed by atoms with E-state index in [0.29, 0.717) is 36.3 Å². The summed E-state index contributed by atoms with van der Waals surface area (Å²) in [6, 6.07) is 12.5. The number of nitrogens with zero attached hydrogens (tertiary/aromatic N) is 3. The van der Waals surface area contributed by atoms with Crippen molar-refractivity contribution in [2.75, 3.05) is 25.6 Å². The second-order valence-electron chi connectivity index (χ2n) is 7.66. The number of carbonyl (C=O) groups excluding carboxylic acids is 1. The van der Waals surface area contributed by atoms with Crippen LogP contribution >= 0.6 is 0 Å². The van der Waals surface area contributed by atoms with Crippen molar-refractivity contribution in [3.8, 4) is 0 Å². The van der Waals surface area contributed by atoms with Gasteiger partial charge in [-0.2, -0.15) is 0 Å². The van der Waals surface area contributed by atoms with Gasteiger partial charge in [0.2, 0.25) is 0 Å². The molecule has 7 heteroatoms. The normalized spacial score (nSPS) is 12.0. The van der Waals surface area contributed by atoms with Gasteiger partial charge in [-0.25, -0.2) is 9.78 Å². The second-order valence-corrected chi connectivity index (χ2v) is 7.66. The maximum Gasteiger partial charge on any atom is 0.322 e. The Hall–Kier alpha value is -3.19. The Kier molecular flexibility index (Phi) is 7.07. The van der Waals surface area contributed by atoms with Gasteiger partial charge >= 0.3 is 6.03 Å². The standard InChI is InChI=1S/C24H30N4O3/c1-6-20(22-25-19-13-8-7-12-18(19)23(29)27(22)4)28(14-15-31-5)24(30)26-21-16(2)10-9-11-17(21)3/h7-13,20H,6,14-15H2,1-5H3,(H,26,30). The molecule has 31 heavy (non-hydrogen) atoms. The summed E-state index contributed by atoms with van der Waals surface area (Å²) >= 11 is 0. The number of benzene rings is 2. The maximum atomic E-state index is 13.4. The second kappa shape index (κ2) is 9.75. The molecule has 164 valence electrons. The highest BCUT2D eigenvalue weighted by Gasteiger charge is 2.28. The van der Waals surface area contributed by atoms with Gasteiger partial charge in [-0.15, -0.1) is 0 Å². The number of aryl methyl sites for hydroxylation is 2. The molecule has 0 aliphatic rings. The molecule has 1 heterocycles. The molecule has 3 aromatic rings. The van der Waals surface area contributed by atoms with Gasteiger partial charge in [0, 0.05) is 26.4 Å². The van der Waals surface area contributed by atoms with Crippen molar-refractivity contribution in [1.82, 2.24) is 14.5 Å². The highest BCUT2D eigenvalue weighted by Crippen LogP contribution is 2.26. The number of ether oxygens (including phenoxy) is 1. The maximum absolute atomic E-state index is 13.4. The Morgan fingerprint density at radius 2 is 1.84 bits per heavy atom. The summed E-state index contributed by atoms with van der Waals surface area (Å²) in [5.41, 5.74) is 3.28. The molecular weight excluding hydrogens is 392 g/mol. The van der Waals surface area contributed by atoms with E-state index < -0.39 is 0 Å². The van der Waals surface area contributed by atoms with E-state index in [1.54, 1.807) is 29.7 Å². The summed E-state index contributed by atoms with van der Waals surface area (Å²) in [4.78, 5) is 32.8. The Balaban J connectivity index is 2.04. The lowest BCUT2D eigenvalue weighted by Crippen LogP contribution is -2.42. The lowest BCUT2D eigenvalue weighted by molar-refractivity contribution is 0.131. The average molecular weight is 423 g/mol. The smallest absolute Gasteiger partial charge is 0.322 e. The van der Waals surface area contributed by atoms with Crippen LogP contribution in [0.2, 0.25) is 0 Å². The number of para-hydroxylation sites is 2. The number of nitrogens with one attached hydrogen (secondary N) is 1. The lowest BCUT2D eigenvalue weighted by Gasteiger charge is -2.32. The predicted molar refractivity (Wildman–Crippen MR) is 124 cm³/mol. The average Bonchev–Trinajstić information content (AvgIpc) is 2.76. The molecule has 2 amide bonds. The van der Waals surface area contributed by atoms with Crippen molar-refractivity contribution in [1.29, 1.82) is 0 Å². The molecule has 0 fully saturated rings. The summed E-state index contributed by atoms with van der Waals surface area (Å²) in [6.45, 7) is 6.66. The molecule has 1 aromatic heterocycles. The van der Waals surface area contributed by atoms with Crippen LogP contribution in [0.3, 0.4) is 0 Å². The Bertz CT molecular complexity index is 1120. The fourth-order valence-electron chi connectivity index (χ4n) is 3.85. The fourth-order valence-corrected chi connectivity index (χ4v) is 3.85. The molecule has 0 bridgehead atoms. The SMILES string of the molecule is CCC(c1nc2ccccc2c(=O)n1C)N(CCOC)C(=O)Nc1c(C)cccc1C. The third kappa shape index (κ3) is 4.61. The van der Waals surface area contributed by atoms with Gasteiger partial charge in [0.1, 0.15) is 5.82 Å². The minimum absolute atomic E-state index is 0.124. The molecule has 3 rings (SSSR count). The summed E-state index contributed by atoms with van der Waals surface area (Å²) < 4.78 is 6.81. The van der Waals surface area contributed by atoms with Gasteiger partial charge in [0.15, 0.2) is 0 Å². The van der Waals surface area contributed by atoms with Gasteiger partial charge in [0.25, 0.3) is 5.56 Å². The summed E-state index contributed by atoms with van der Waals surface area (Å²) in [5.74, 6) is 0.555. The van der Waals surface area contributed by atoms with Crippen LogP contribution in [0.25, 0.3) is 10.9 Å². The van der Waals surface area contributed by atoms with Crippen LogP contribution in [0.5, 0.6) is 0 Å². The van der Waals surface area contributed by atoms with Crippen LogP contribution in [0.15, 0.2) is 47.3 Å². The zero-order chi connectivity index (χ0) is 22.5. The topological polar surface area (TPSA) is 76.5 Å². The molecule has 0 aliphatic heterocycles. The molecule has 0 saturated heterocycles. The van der Waals surface area contributed by atoms with Gasteiger partial charge in [-0.1, -0.05) is 37.3 Å². The number of fused-ring (bicyclic) bond motifs is 1. The minimum Gasteiger partial charge on any atom is -0.383 e. The van der Waals surface area contributed by atoms with Crippen LogP contribution in [-0.4, -0.2) is 40.7 Å². The minimum atomic E-state index is -0.387. The Labute approximate surface area is 182 Å². The van der Waals surface area contributed by atoms with Gasteiger partial charge in [0.05, 0.1) is 23.6 Å². The van der Waals surface area contributed by atoms with E-state index in [-0.39, 0.29) is 17.6 Å². The van der Waals surface area contributed by atoms with E-state index in [9.17, 15) is 9.59 Å². The van der Waals surface area contributed by atoms with Crippen molar-refractivity contribution in [2.24, 2.45) is 7.05 Å². The number of rotatable bonds is 7. The number of methoxy groups -OCH3 is 1. The largest absolute Gasteiger partial charge is 0.383 e. The third-order valence-corrected chi connectivity index (χ3v) is 5.59. The van der Waals surface area contributed by atoms with Gasteiger partial charge < -0.3 is 15.0 Å². The van der Waals surface area contributed by atoms with E-state index >= 15 is 0 Å². The van der Waals surface area contributed by atoms with Crippen LogP contribution in [0, 0.1) is 13.8 Å². The highest BCUT2D eigenvalue weighted by atomic mass is 16.5. The predicted octanol–water partition coefficient (Wildman–Crippen LogP) is 4.18. The number of carbonyl (C=O) groups is 1. The van der Waals surface area contributed by atoms with Crippen LogP contribution < -0.4 is 10.9 Å². The molecule has 7 nitrogen and oxygen atoms in total. The van der Waals surface area contributed by atoms with Crippen molar-refractivity contribution in [3.63, 3.8) is 0 Å². The first kappa shape index (κ1) is 22.5. The molecule has 0 spiro atoms. The van der Waals surface area contributed by atoms with E-state index in [1.807, 2.05) is 57.2 Å². The number of anilines is 1. The monoisotopic (exact) mass is 422 g/mol. The van der Waals surface area contributed by atoms with E-state index in [4.69, 9.17) is 9.72 Å². The molecule has 1 atom stereocenters. The zero-order valence-electron chi connectivity index (χ0n) is 18.8. The van der Waals surface area contributed by atoms with Crippen molar-refractivity contribution in [2.45, 2.75) is 33.2 Å². The van der Waals surface area contributed by atoms with Gasteiger partial charge in [-0.3, -0.25) is 9.36 Å². The molecule has 0 radical (unpaired) electrons. The number of hydrogen-bond donors (Lipinski definition) is 1. The Morgan fingerprint density at radius 3 is 2.48 bits per heavy atom. The summed E-state index contributed by atoms with van der Waals surface area (Å²) in [6.07, 6.45) is 0.600. The molecule has 0 saturated carbocycles. The summed E-state index contributed by atoms with van der Waals surface area (Å²) in [7, 11) is 3.31.